The molecule has 0 saturated carbocycles. The van der Waals surface area contributed by atoms with Crippen molar-refractivity contribution < 1.29 is 9.63 Å². The first-order valence-electron chi connectivity index (χ1n) is 3.17. The normalized spacial score (nSPS) is 9.70. The fraction of sp³-hybridized carbons (Fsp3) is 0.833. The van der Waals surface area contributed by atoms with Crippen LogP contribution in [0.15, 0.2) is 0 Å². The minimum atomic E-state index is -0.242. The molecule has 0 spiro atoms. The summed E-state index contributed by atoms with van der Waals surface area (Å²) < 4.78 is 0. The van der Waals surface area contributed by atoms with Crippen LogP contribution in [0.2, 0.25) is 0 Å². The molecular formula is C6H14N2O2. The SMILES string of the molecule is CC(C)ONC(=O)N(C)C. The van der Waals surface area contributed by atoms with E-state index < -0.39 is 0 Å². The molecule has 10 heavy (non-hydrogen) atoms. The van der Waals surface area contributed by atoms with Crippen molar-refractivity contribution in [2.75, 3.05) is 14.1 Å². The van der Waals surface area contributed by atoms with Crippen LogP contribution < -0.4 is 5.48 Å². The van der Waals surface area contributed by atoms with Crippen LogP contribution in [-0.2, 0) is 4.84 Å². The zero-order valence-electron chi connectivity index (χ0n) is 6.84. The van der Waals surface area contributed by atoms with E-state index in [4.69, 9.17) is 4.84 Å². The average Bonchev–Trinajstić information content (AvgIpc) is 1.82. The predicted molar refractivity (Wildman–Crippen MR) is 38.4 cm³/mol. The number of urea groups is 1. The van der Waals surface area contributed by atoms with Crippen LogP contribution in [-0.4, -0.2) is 31.1 Å². The summed E-state index contributed by atoms with van der Waals surface area (Å²) in [7, 11) is 3.30. The molecule has 0 bridgehead atoms. The van der Waals surface area contributed by atoms with Crippen LogP contribution >= 0.6 is 0 Å². The number of hydroxylamine groups is 1. The highest BCUT2D eigenvalue weighted by atomic mass is 16.7. The van der Waals surface area contributed by atoms with Crippen LogP contribution in [0.4, 0.5) is 4.79 Å². The highest BCUT2D eigenvalue weighted by Crippen LogP contribution is 1.83. The van der Waals surface area contributed by atoms with E-state index >= 15 is 0 Å². The Bertz CT molecular complexity index is 112. The first-order valence-corrected chi connectivity index (χ1v) is 3.17. The number of amides is 2. The van der Waals surface area contributed by atoms with Crippen molar-refractivity contribution in [3.05, 3.63) is 0 Å². The summed E-state index contributed by atoms with van der Waals surface area (Å²) in [5.74, 6) is 0. The quantitative estimate of drug-likeness (QED) is 0.579. The van der Waals surface area contributed by atoms with Gasteiger partial charge in [-0.1, -0.05) is 0 Å². The van der Waals surface area contributed by atoms with Crippen molar-refractivity contribution in [2.24, 2.45) is 0 Å². The van der Waals surface area contributed by atoms with E-state index in [0.717, 1.165) is 0 Å². The predicted octanol–water partition coefficient (Wildman–Crippen LogP) is 0.598. The van der Waals surface area contributed by atoms with Crippen LogP contribution in [0.3, 0.4) is 0 Å². The molecule has 0 aromatic carbocycles. The van der Waals surface area contributed by atoms with E-state index in [2.05, 4.69) is 5.48 Å². The Labute approximate surface area is 61.1 Å². The molecule has 2 amide bonds. The van der Waals surface area contributed by atoms with Crippen molar-refractivity contribution in [1.29, 1.82) is 0 Å². The standard InChI is InChI=1S/C6H14N2O2/c1-5(2)10-7-6(9)8(3)4/h5H,1-4H3,(H,7,9). The topological polar surface area (TPSA) is 41.6 Å². The fourth-order valence-corrected chi connectivity index (χ4v) is 0.260. The number of carbonyl (C=O) groups is 1. The number of carbonyl (C=O) groups excluding carboxylic acids is 1. The molecule has 0 fully saturated rings. The van der Waals surface area contributed by atoms with Gasteiger partial charge in [0, 0.05) is 14.1 Å². The Balaban J connectivity index is 3.40. The molecule has 0 aliphatic heterocycles. The van der Waals surface area contributed by atoms with Gasteiger partial charge >= 0.3 is 6.03 Å². The van der Waals surface area contributed by atoms with Crippen molar-refractivity contribution >= 4 is 6.03 Å². The van der Waals surface area contributed by atoms with E-state index in [1.54, 1.807) is 14.1 Å². The molecule has 4 nitrogen and oxygen atoms in total. The van der Waals surface area contributed by atoms with Crippen molar-refractivity contribution in [2.45, 2.75) is 20.0 Å². The molecule has 0 aliphatic carbocycles. The van der Waals surface area contributed by atoms with Crippen LogP contribution in [0.1, 0.15) is 13.8 Å². The third-order valence-corrected chi connectivity index (χ3v) is 0.788. The number of nitrogens with one attached hydrogen (secondary N) is 1. The van der Waals surface area contributed by atoms with Gasteiger partial charge < -0.3 is 4.90 Å². The minimum absolute atomic E-state index is 0.0175. The average molecular weight is 146 g/mol. The Hall–Kier alpha value is -0.770. The Morgan fingerprint density at radius 3 is 2.30 bits per heavy atom. The molecule has 0 saturated heterocycles. The molecule has 0 atom stereocenters. The summed E-state index contributed by atoms with van der Waals surface area (Å²) in [6.45, 7) is 3.69. The summed E-state index contributed by atoms with van der Waals surface area (Å²) in [6.07, 6.45) is 0.0175. The Kier molecular flexibility index (Phi) is 3.79. The lowest BCUT2D eigenvalue weighted by Crippen LogP contribution is -2.36. The monoisotopic (exact) mass is 146 g/mol. The van der Waals surface area contributed by atoms with Crippen molar-refractivity contribution in [1.82, 2.24) is 10.4 Å². The lowest BCUT2D eigenvalue weighted by molar-refractivity contribution is 0.0100. The van der Waals surface area contributed by atoms with Crippen LogP contribution in [0.25, 0.3) is 0 Å². The van der Waals surface area contributed by atoms with Gasteiger partial charge in [-0.25, -0.2) is 10.3 Å². The lowest BCUT2D eigenvalue weighted by atomic mass is 10.5. The van der Waals surface area contributed by atoms with Gasteiger partial charge in [0.15, 0.2) is 0 Å². The van der Waals surface area contributed by atoms with E-state index in [1.165, 1.54) is 4.90 Å². The highest BCUT2D eigenvalue weighted by Gasteiger charge is 2.02. The first-order chi connectivity index (χ1) is 4.54. The molecule has 0 unspecified atom stereocenters. The Morgan fingerprint density at radius 2 is 2.00 bits per heavy atom. The van der Waals surface area contributed by atoms with Gasteiger partial charge in [-0.05, 0) is 13.8 Å². The number of hydrogen-bond donors (Lipinski definition) is 1. The van der Waals surface area contributed by atoms with Gasteiger partial charge in [0.05, 0.1) is 6.10 Å². The van der Waals surface area contributed by atoms with Gasteiger partial charge in [0.1, 0.15) is 0 Å². The zero-order chi connectivity index (χ0) is 8.15. The molecule has 4 heteroatoms. The molecule has 0 rings (SSSR count). The molecule has 0 radical (unpaired) electrons. The second-order valence-corrected chi connectivity index (χ2v) is 2.47. The van der Waals surface area contributed by atoms with Crippen LogP contribution in [0, 0.1) is 0 Å². The number of hydrogen-bond acceptors (Lipinski definition) is 2. The summed E-state index contributed by atoms with van der Waals surface area (Å²) in [4.78, 5) is 17.0. The first kappa shape index (κ1) is 9.23. The van der Waals surface area contributed by atoms with Gasteiger partial charge in [-0.15, -0.1) is 0 Å². The lowest BCUT2D eigenvalue weighted by Gasteiger charge is -2.12. The van der Waals surface area contributed by atoms with Crippen LogP contribution in [0.5, 0.6) is 0 Å². The summed E-state index contributed by atoms with van der Waals surface area (Å²) in [5.41, 5.74) is 2.27. The van der Waals surface area contributed by atoms with Gasteiger partial charge in [0.25, 0.3) is 0 Å². The van der Waals surface area contributed by atoms with Gasteiger partial charge in [0.2, 0.25) is 0 Å². The van der Waals surface area contributed by atoms with E-state index in [0.29, 0.717) is 0 Å². The third kappa shape index (κ3) is 4.14. The third-order valence-electron chi connectivity index (χ3n) is 0.788. The molecule has 0 aliphatic rings. The summed E-state index contributed by atoms with van der Waals surface area (Å²) in [5, 5.41) is 0. The molecule has 1 N–H and O–H groups in total. The van der Waals surface area contributed by atoms with E-state index in [-0.39, 0.29) is 12.1 Å². The smallest absolute Gasteiger partial charge is 0.329 e. The molecular weight excluding hydrogens is 132 g/mol. The van der Waals surface area contributed by atoms with E-state index in [1.807, 2.05) is 13.8 Å². The number of rotatable bonds is 2. The zero-order valence-corrected chi connectivity index (χ0v) is 6.84. The van der Waals surface area contributed by atoms with Gasteiger partial charge in [-0.3, -0.25) is 4.84 Å². The second kappa shape index (κ2) is 4.11. The fourth-order valence-electron chi connectivity index (χ4n) is 0.260. The molecule has 0 aromatic rings. The van der Waals surface area contributed by atoms with Crippen molar-refractivity contribution in [3.8, 4) is 0 Å². The van der Waals surface area contributed by atoms with Crippen molar-refractivity contribution in [3.63, 3.8) is 0 Å². The maximum atomic E-state index is 10.7. The molecule has 0 heterocycles. The maximum absolute atomic E-state index is 10.7. The van der Waals surface area contributed by atoms with Gasteiger partial charge in [-0.2, -0.15) is 0 Å². The maximum Gasteiger partial charge on any atom is 0.340 e. The molecule has 0 aromatic heterocycles. The highest BCUT2D eigenvalue weighted by molar-refractivity contribution is 5.72. The summed E-state index contributed by atoms with van der Waals surface area (Å²) >= 11 is 0. The minimum Gasteiger partial charge on any atom is -0.329 e. The number of nitrogens with zero attached hydrogens (tertiary/aromatic N) is 1. The second-order valence-electron chi connectivity index (χ2n) is 2.47. The largest absolute Gasteiger partial charge is 0.340 e. The summed E-state index contributed by atoms with van der Waals surface area (Å²) in [6, 6.07) is -0.242. The Morgan fingerprint density at radius 1 is 1.50 bits per heavy atom. The molecule has 60 valence electrons. The van der Waals surface area contributed by atoms with E-state index in [9.17, 15) is 4.79 Å².